The molecule has 4 rings (SSSR count). The number of benzene rings is 1. The van der Waals surface area contributed by atoms with E-state index in [0.29, 0.717) is 6.61 Å². The van der Waals surface area contributed by atoms with Gasteiger partial charge in [0.15, 0.2) is 0 Å². The standard InChI is InChI=1S/C22H28BN3O3.Sn/c1-21(2)22(3,4)29-23(28-21)18-9-7-8-16(14-18)20(24)17-10-11-25-19(15-17)26(5)12-13-27-6;/h7,9-11,14-15H,12-13H2,1-6H3;/q-1;+1. The Kier molecular flexibility index (Phi) is 6.00. The van der Waals surface area contributed by atoms with Gasteiger partial charge >= 0.3 is 190 Å². The number of likely N-dealkylation sites (N-methyl/N-ethyl adjacent to an activating group) is 1. The van der Waals surface area contributed by atoms with Crippen LogP contribution in [0.25, 0.3) is 0 Å². The molecule has 0 N–H and O–H groups in total. The second-order valence-electron chi connectivity index (χ2n) is 8.78. The number of rotatable bonds is 6. The minimum absolute atomic E-state index is 0.350. The number of fused-ring (bicyclic) bond motifs is 1. The summed E-state index contributed by atoms with van der Waals surface area (Å²) in [4.78, 5) is 6.62. The van der Waals surface area contributed by atoms with Crippen molar-refractivity contribution in [2.24, 2.45) is 3.21 Å². The predicted molar refractivity (Wildman–Crippen MR) is 123 cm³/mol. The monoisotopic (exact) mass is 513 g/mol. The molecule has 0 unspecified atom stereocenters. The topological polar surface area (TPSA) is 56.2 Å². The third-order valence-corrected chi connectivity index (χ3v) is 9.04. The van der Waals surface area contributed by atoms with E-state index in [1.165, 1.54) is 9.14 Å². The molecule has 0 aliphatic carbocycles. The summed E-state index contributed by atoms with van der Waals surface area (Å²) in [7, 11) is 3.38. The van der Waals surface area contributed by atoms with E-state index in [9.17, 15) is 0 Å². The normalized spacial score (nSPS) is 19.0. The predicted octanol–water partition coefficient (Wildman–Crippen LogP) is 1.56. The number of nitrogens with zero attached hydrogens (tertiary/aromatic N) is 3. The summed E-state index contributed by atoms with van der Waals surface area (Å²) in [5.41, 5.74) is 3.74. The molecule has 3 heterocycles. The summed E-state index contributed by atoms with van der Waals surface area (Å²) in [6.07, 6.45) is 1.86. The molecule has 2 aromatic rings. The van der Waals surface area contributed by atoms with Gasteiger partial charge in [-0.1, -0.05) is 0 Å². The number of hydrogen-bond donors (Lipinski definition) is 0. The zero-order chi connectivity index (χ0) is 21.5. The molecule has 1 aromatic carbocycles. The first kappa shape index (κ1) is 21.8. The molecule has 0 spiro atoms. The molecule has 2 aliphatic rings. The van der Waals surface area contributed by atoms with E-state index >= 15 is 0 Å². The molecule has 1 fully saturated rings. The average molecular weight is 512 g/mol. The van der Waals surface area contributed by atoms with Crippen molar-refractivity contribution in [2.45, 2.75) is 38.9 Å². The Morgan fingerprint density at radius 1 is 1.10 bits per heavy atom. The molecule has 6 nitrogen and oxygen atoms in total. The van der Waals surface area contributed by atoms with E-state index in [0.717, 1.165) is 29.1 Å². The van der Waals surface area contributed by atoms with Gasteiger partial charge in [0.1, 0.15) is 0 Å². The van der Waals surface area contributed by atoms with E-state index in [-0.39, 0.29) is 18.3 Å². The first-order valence-corrected chi connectivity index (χ1v) is 12.9. The van der Waals surface area contributed by atoms with Crippen molar-refractivity contribution < 1.29 is 14.0 Å². The van der Waals surface area contributed by atoms with Crippen LogP contribution in [0, 0.1) is 0 Å². The van der Waals surface area contributed by atoms with Gasteiger partial charge in [-0.25, -0.2) is 0 Å². The van der Waals surface area contributed by atoms with Gasteiger partial charge in [0, 0.05) is 0 Å². The minimum atomic E-state index is -0.979. The van der Waals surface area contributed by atoms with Crippen LogP contribution in [0.15, 0.2) is 39.7 Å². The fourth-order valence-electron chi connectivity index (χ4n) is 3.49. The fraction of sp³-hybridized carbons (Fsp3) is 0.455. The summed E-state index contributed by atoms with van der Waals surface area (Å²) < 4.78 is 24.1. The molecule has 30 heavy (non-hydrogen) atoms. The zero-order valence-corrected chi connectivity index (χ0v) is 21.4. The first-order valence-electron chi connectivity index (χ1n) is 10.2. The maximum absolute atomic E-state index is 6.26. The van der Waals surface area contributed by atoms with Gasteiger partial charge in [-0.2, -0.15) is 0 Å². The van der Waals surface area contributed by atoms with E-state index in [1.807, 2.05) is 19.3 Å². The molecule has 0 saturated carbocycles. The number of anilines is 1. The van der Waals surface area contributed by atoms with E-state index in [4.69, 9.17) is 17.3 Å². The van der Waals surface area contributed by atoms with Crippen LogP contribution in [0.3, 0.4) is 0 Å². The van der Waals surface area contributed by atoms with E-state index < -0.39 is 21.4 Å². The van der Waals surface area contributed by atoms with Crippen molar-refractivity contribution in [3.63, 3.8) is 0 Å². The Hall–Kier alpha value is -1.42. The van der Waals surface area contributed by atoms with Crippen LogP contribution >= 0.6 is 0 Å². The molecule has 0 bridgehead atoms. The van der Waals surface area contributed by atoms with Gasteiger partial charge in [0.2, 0.25) is 0 Å². The molecule has 1 saturated heterocycles. The van der Waals surface area contributed by atoms with E-state index in [2.05, 4.69) is 61.8 Å². The number of ether oxygens (including phenoxy) is 1. The third kappa shape index (κ3) is 4.05. The molecule has 0 amide bonds. The molecule has 156 valence electrons. The number of pyridine rings is 1. The summed E-state index contributed by atoms with van der Waals surface area (Å²) in [5.74, 6) is 0.924. The van der Waals surface area contributed by atoms with Crippen molar-refractivity contribution in [1.82, 2.24) is 4.98 Å². The van der Waals surface area contributed by atoms with Crippen LogP contribution in [0.4, 0.5) is 5.82 Å². The molecule has 2 aliphatic heterocycles. The maximum atomic E-state index is 6.26. The quantitative estimate of drug-likeness (QED) is 0.551. The van der Waals surface area contributed by atoms with Crippen LogP contribution in [-0.2, 0) is 14.0 Å². The summed E-state index contributed by atoms with van der Waals surface area (Å²) >= 11 is -0.979. The summed E-state index contributed by atoms with van der Waals surface area (Å²) in [5, 5.41) is 0. The Morgan fingerprint density at radius 2 is 1.83 bits per heavy atom. The second kappa shape index (κ2) is 8.26. The molecule has 1 aromatic heterocycles. The average Bonchev–Trinajstić information content (AvgIpc) is 3.23. The Bertz CT molecular complexity index is 964. The van der Waals surface area contributed by atoms with Crippen LogP contribution in [0.5, 0.6) is 0 Å². The zero-order valence-electron chi connectivity index (χ0n) is 18.5. The molecule has 2 radical (unpaired) electrons. The fourth-order valence-corrected chi connectivity index (χ4v) is 6.21. The second-order valence-corrected chi connectivity index (χ2v) is 11.6. The van der Waals surface area contributed by atoms with Gasteiger partial charge in [0.25, 0.3) is 0 Å². The Balaban J connectivity index is 1.61. The molecular formula is C22H28BN3O3Sn. The molecular weight excluding hydrogens is 484 g/mol. The van der Waals surface area contributed by atoms with Gasteiger partial charge in [0.05, 0.1) is 0 Å². The van der Waals surface area contributed by atoms with Gasteiger partial charge in [-0.3, -0.25) is 0 Å². The van der Waals surface area contributed by atoms with Crippen molar-refractivity contribution >= 4 is 49.1 Å². The summed E-state index contributed by atoms with van der Waals surface area (Å²) in [6.45, 7) is 9.79. The van der Waals surface area contributed by atoms with Crippen LogP contribution < -0.4 is 13.9 Å². The molecule has 8 heteroatoms. The van der Waals surface area contributed by atoms with Crippen molar-refractivity contribution in [2.75, 3.05) is 32.2 Å². The van der Waals surface area contributed by atoms with Crippen molar-refractivity contribution in [3.05, 3.63) is 47.7 Å². The number of aromatic nitrogens is 1. The van der Waals surface area contributed by atoms with Gasteiger partial charge in [-0.05, 0) is 0 Å². The first-order chi connectivity index (χ1) is 14.2. The van der Waals surface area contributed by atoms with Crippen LogP contribution in [-0.4, -0.2) is 77.7 Å². The van der Waals surface area contributed by atoms with Crippen molar-refractivity contribution in [1.29, 1.82) is 0 Å². The van der Waals surface area contributed by atoms with Gasteiger partial charge in [-0.15, -0.1) is 0 Å². The third-order valence-electron chi connectivity index (χ3n) is 6.15. The van der Waals surface area contributed by atoms with Crippen LogP contribution in [0.1, 0.15) is 38.8 Å². The van der Waals surface area contributed by atoms with Gasteiger partial charge < -0.3 is 0 Å². The number of hydrogen-bond acceptors (Lipinski definition) is 6. The summed E-state index contributed by atoms with van der Waals surface area (Å²) in [6, 6.07) is 10.7. The van der Waals surface area contributed by atoms with E-state index in [1.54, 1.807) is 7.11 Å². The Morgan fingerprint density at radius 3 is 2.53 bits per heavy atom. The molecule has 0 atom stereocenters. The van der Waals surface area contributed by atoms with Crippen LogP contribution in [0.2, 0.25) is 0 Å². The number of methoxy groups -OCH3 is 1. The SMILES string of the molecule is COCCN(C)c1cc(C2=[N][Sn][c]3ccc(B4OC(C)(C)C(C)(C)O4)cc32)ccn1. The van der Waals surface area contributed by atoms with Crippen molar-refractivity contribution in [3.8, 4) is 0 Å². The Labute approximate surface area is 189 Å².